The highest BCUT2D eigenvalue weighted by Gasteiger charge is 2.21. The summed E-state index contributed by atoms with van der Waals surface area (Å²) in [6.45, 7) is 5.79. The highest BCUT2D eigenvalue weighted by molar-refractivity contribution is 9.10. The van der Waals surface area contributed by atoms with Gasteiger partial charge in [-0.1, -0.05) is 35.8 Å². The van der Waals surface area contributed by atoms with Crippen molar-refractivity contribution >= 4 is 27.8 Å². The quantitative estimate of drug-likeness (QED) is 0.835. The Kier molecular flexibility index (Phi) is 6.20. The summed E-state index contributed by atoms with van der Waals surface area (Å²) >= 11 is 3.37. The molecule has 20 heavy (non-hydrogen) atoms. The summed E-state index contributed by atoms with van der Waals surface area (Å²) in [4.78, 5) is 23.1. The lowest BCUT2D eigenvalue weighted by Crippen LogP contribution is -2.42. The third-order valence-corrected chi connectivity index (χ3v) is 3.49. The second-order valence-corrected chi connectivity index (χ2v) is 6.25. The van der Waals surface area contributed by atoms with Crippen LogP contribution in [-0.4, -0.2) is 23.0 Å². The fourth-order valence-electron chi connectivity index (χ4n) is 1.97. The van der Waals surface area contributed by atoms with Crippen LogP contribution in [0.15, 0.2) is 22.7 Å². The number of halogens is 1. The summed E-state index contributed by atoms with van der Waals surface area (Å²) in [7, 11) is 0. The van der Waals surface area contributed by atoms with Crippen molar-refractivity contribution in [3.8, 4) is 0 Å². The number of rotatable bonds is 6. The number of carbonyl (C=O) groups is 2. The molecule has 110 valence electrons. The molecule has 0 heterocycles. The number of carboxylic acids is 1. The van der Waals surface area contributed by atoms with E-state index in [1.807, 2.05) is 39.0 Å². The predicted molar refractivity (Wildman–Crippen MR) is 81.6 cm³/mol. The lowest BCUT2D eigenvalue weighted by molar-refractivity contribution is -0.142. The maximum atomic E-state index is 12.0. The number of aliphatic carboxylic acids is 1. The van der Waals surface area contributed by atoms with Gasteiger partial charge in [0.05, 0.1) is 6.42 Å². The minimum atomic E-state index is -0.987. The molecule has 0 fully saturated rings. The van der Waals surface area contributed by atoms with Crippen LogP contribution in [0.4, 0.5) is 0 Å². The monoisotopic (exact) mass is 341 g/mol. The van der Waals surface area contributed by atoms with Crippen LogP contribution < -0.4 is 5.32 Å². The van der Waals surface area contributed by atoms with E-state index >= 15 is 0 Å². The third kappa shape index (κ3) is 5.33. The van der Waals surface area contributed by atoms with E-state index in [-0.39, 0.29) is 18.2 Å². The van der Waals surface area contributed by atoms with Crippen LogP contribution in [0.25, 0.3) is 0 Å². The van der Waals surface area contributed by atoms with Crippen molar-refractivity contribution in [2.24, 2.45) is 5.92 Å². The van der Waals surface area contributed by atoms with Crippen LogP contribution >= 0.6 is 15.9 Å². The summed E-state index contributed by atoms with van der Waals surface area (Å²) in [5.74, 6) is -1.03. The second-order valence-electron chi connectivity index (χ2n) is 5.34. The molecule has 4 nitrogen and oxygen atoms in total. The molecule has 0 saturated carbocycles. The van der Waals surface area contributed by atoms with E-state index in [4.69, 9.17) is 5.11 Å². The number of hydrogen-bond acceptors (Lipinski definition) is 2. The van der Waals surface area contributed by atoms with Crippen molar-refractivity contribution in [3.63, 3.8) is 0 Å². The molecule has 0 spiro atoms. The van der Waals surface area contributed by atoms with Crippen molar-refractivity contribution in [2.75, 3.05) is 0 Å². The minimum Gasteiger partial charge on any atom is -0.480 e. The summed E-state index contributed by atoms with van der Waals surface area (Å²) in [5.41, 5.74) is 1.91. The molecule has 1 rings (SSSR count). The zero-order valence-electron chi connectivity index (χ0n) is 11.9. The lowest BCUT2D eigenvalue weighted by Gasteiger charge is -2.17. The van der Waals surface area contributed by atoms with Crippen LogP contribution in [0.3, 0.4) is 0 Å². The number of carboxylic acid groups (broad SMARTS) is 1. The molecule has 0 aliphatic rings. The zero-order chi connectivity index (χ0) is 15.3. The number of nitrogens with one attached hydrogen (secondary N) is 1. The average molecular weight is 342 g/mol. The van der Waals surface area contributed by atoms with Crippen molar-refractivity contribution in [1.82, 2.24) is 5.32 Å². The minimum absolute atomic E-state index is 0.195. The normalized spacial score (nSPS) is 12.2. The Balaban J connectivity index is 2.68. The van der Waals surface area contributed by atoms with E-state index in [2.05, 4.69) is 21.2 Å². The second kappa shape index (κ2) is 7.43. The van der Waals surface area contributed by atoms with Crippen molar-refractivity contribution in [1.29, 1.82) is 0 Å². The summed E-state index contributed by atoms with van der Waals surface area (Å²) in [6, 6.07) is 4.86. The van der Waals surface area contributed by atoms with E-state index in [9.17, 15) is 9.59 Å². The molecule has 0 bridgehead atoms. The van der Waals surface area contributed by atoms with Gasteiger partial charge < -0.3 is 10.4 Å². The first-order valence-electron chi connectivity index (χ1n) is 6.56. The third-order valence-electron chi connectivity index (χ3n) is 3.00. The number of carbonyl (C=O) groups excluding carboxylic acids is 1. The molecule has 2 N–H and O–H groups in total. The predicted octanol–water partition coefficient (Wildman–Crippen LogP) is 2.92. The Bertz CT molecular complexity index is 500. The Morgan fingerprint density at radius 2 is 2.00 bits per heavy atom. The molecule has 0 saturated heterocycles. The SMILES string of the molecule is Cc1cc(Br)ccc1CC(=O)NC(CC(C)C)C(=O)O. The molecular weight excluding hydrogens is 322 g/mol. The molecule has 0 aliphatic carbocycles. The molecule has 1 unspecified atom stereocenters. The number of amides is 1. The van der Waals surface area contributed by atoms with Crippen LogP contribution in [0.5, 0.6) is 0 Å². The molecule has 0 aromatic heterocycles. The Hall–Kier alpha value is -1.36. The van der Waals surface area contributed by atoms with Crippen molar-refractivity contribution in [2.45, 2.75) is 39.7 Å². The first-order chi connectivity index (χ1) is 9.29. The molecular formula is C15H20BrNO3. The number of hydrogen-bond donors (Lipinski definition) is 2. The Morgan fingerprint density at radius 3 is 2.50 bits per heavy atom. The molecule has 5 heteroatoms. The number of benzene rings is 1. The molecule has 1 amide bonds. The summed E-state index contributed by atoms with van der Waals surface area (Å²) in [6.07, 6.45) is 0.626. The van der Waals surface area contributed by atoms with E-state index in [1.54, 1.807) is 0 Å². The van der Waals surface area contributed by atoms with Gasteiger partial charge >= 0.3 is 5.97 Å². The van der Waals surface area contributed by atoms with Crippen LogP contribution in [0.2, 0.25) is 0 Å². The van der Waals surface area contributed by atoms with E-state index in [0.29, 0.717) is 6.42 Å². The average Bonchev–Trinajstić information content (AvgIpc) is 2.31. The van der Waals surface area contributed by atoms with E-state index < -0.39 is 12.0 Å². The maximum Gasteiger partial charge on any atom is 0.326 e. The fourth-order valence-corrected chi connectivity index (χ4v) is 2.44. The van der Waals surface area contributed by atoms with Crippen LogP contribution in [-0.2, 0) is 16.0 Å². The standard InChI is InChI=1S/C15H20BrNO3/c1-9(2)6-13(15(19)20)17-14(18)8-11-4-5-12(16)7-10(11)3/h4-5,7,9,13H,6,8H2,1-3H3,(H,17,18)(H,19,20). The Labute approximate surface area is 127 Å². The van der Waals surface area contributed by atoms with E-state index in [0.717, 1.165) is 15.6 Å². The Morgan fingerprint density at radius 1 is 1.35 bits per heavy atom. The smallest absolute Gasteiger partial charge is 0.326 e. The summed E-state index contributed by atoms with van der Waals surface area (Å²) in [5, 5.41) is 11.7. The highest BCUT2D eigenvalue weighted by atomic mass is 79.9. The topological polar surface area (TPSA) is 66.4 Å². The van der Waals surface area contributed by atoms with Gasteiger partial charge in [-0.05, 0) is 42.5 Å². The molecule has 1 aromatic rings. The van der Waals surface area contributed by atoms with Gasteiger partial charge in [-0.3, -0.25) is 4.79 Å². The van der Waals surface area contributed by atoms with Gasteiger partial charge in [0.25, 0.3) is 0 Å². The van der Waals surface area contributed by atoms with Gasteiger partial charge in [0.1, 0.15) is 6.04 Å². The van der Waals surface area contributed by atoms with Gasteiger partial charge in [0, 0.05) is 4.47 Å². The van der Waals surface area contributed by atoms with Gasteiger partial charge in [-0.25, -0.2) is 4.79 Å². The molecule has 1 aromatic carbocycles. The fraction of sp³-hybridized carbons (Fsp3) is 0.467. The molecule has 0 radical (unpaired) electrons. The van der Waals surface area contributed by atoms with Crippen molar-refractivity contribution in [3.05, 3.63) is 33.8 Å². The van der Waals surface area contributed by atoms with Crippen LogP contribution in [0, 0.1) is 12.8 Å². The van der Waals surface area contributed by atoms with E-state index in [1.165, 1.54) is 0 Å². The lowest BCUT2D eigenvalue weighted by atomic mass is 10.0. The van der Waals surface area contributed by atoms with Crippen molar-refractivity contribution < 1.29 is 14.7 Å². The first-order valence-corrected chi connectivity index (χ1v) is 7.36. The molecule has 1 atom stereocenters. The maximum absolute atomic E-state index is 12.0. The highest BCUT2D eigenvalue weighted by Crippen LogP contribution is 2.16. The van der Waals surface area contributed by atoms with Crippen LogP contribution in [0.1, 0.15) is 31.4 Å². The summed E-state index contributed by atoms with van der Waals surface area (Å²) < 4.78 is 0.961. The largest absolute Gasteiger partial charge is 0.480 e. The molecule has 0 aliphatic heterocycles. The van der Waals surface area contributed by atoms with Gasteiger partial charge in [0.15, 0.2) is 0 Å². The van der Waals surface area contributed by atoms with Gasteiger partial charge in [0.2, 0.25) is 5.91 Å². The van der Waals surface area contributed by atoms with Gasteiger partial charge in [-0.15, -0.1) is 0 Å². The van der Waals surface area contributed by atoms with Gasteiger partial charge in [-0.2, -0.15) is 0 Å². The first kappa shape index (κ1) is 16.7. The zero-order valence-corrected chi connectivity index (χ0v) is 13.5. The number of aryl methyl sites for hydroxylation is 1.